The van der Waals surface area contributed by atoms with Crippen LogP contribution in [0.3, 0.4) is 0 Å². The van der Waals surface area contributed by atoms with Crippen molar-refractivity contribution in [2.24, 2.45) is 0 Å². The highest BCUT2D eigenvalue weighted by molar-refractivity contribution is 6.21. The van der Waals surface area contributed by atoms with Gasteiger partial charge in [-0.3, -0.25) is 4.79 Å². The van der Waals surface area contributed by atoms with E-state index in [1.165, 1.54) is 0 Å². The summed E-state index contributed by atoms with van der Waals surface area (Å²) in [6.07, 6.45) is 0. The van der Waals surface area contributed by atoms with Crippen LogP contribution in [0, 0.1) is 0 Å². The van der Waals surface area contributed by atoms with Crippen molar-refractivity contribution in [3.63, 3.8) is 0 Å². The second-order valence-electron chi connectivity index (χ2n) is 5.45. The second kappa shape index (κ2) is 4.42. The van der Waals surface area contributed by atoms with Gasteiger partial charge in [0.15, 0.2) is 5.78 Å². The van der Waals surface area contributed by atoms with Crippen molar-refractivity contribution in [1.82, 2.24) is 0 Å². The Kier molecular flexibility index (Phi) is 2.55. The van der Waals surface area contributed by atoms with Gasteiger partial charge in [-0.1, -0.05) is 73.3 Å². The predicted molar refractivity (Wildman–Crippen MR) is 85.7 cm³/mol. The normalized spacial score (nSPS) is 17.2. The number of carbonyl (C=O) groups excluding carboxylic acids is 1. The van der Waals surface area contributed by atoms with Crippen LogP contribution in [0.5, 0.6) is 0 Å². The molecule has 3 aromatic carbocycles. The predicted octanol–water partition coefficient (Wildman–Crippen LogP) is 4.72. The molecule has 4 rings (SSSR count). The highest BCUT2D eigenvalue weighted by Crippen LogP contribution is 2.43. The van der Waals surface area contributed by atoms with Gasteiger partial charge < -0.3 is 0 Å². The lowest BCUT2D eigenvalue weighted by Crippen LogP contribution is -2.00. The van der Waals surface area contributed by atoms with E-state index in [4.69, 9.17) is 0 Å². The molecule has 0 amide bonds. The first kappa shape index (κ1) is 12.1. The first-order valence-corrected chi connectivity index (χ1v) is 7.07. The average Bonchev–Trinajstić information content (AvgIpc) is 2.80. The third kappa shape index (κ3) is 1.67. The monoisotopic (exact) mass is 270 g/mol. The van der Waals surface area contributed by atoms with Crippen LogP contribution in [-0.2, 0) is 0 Å². The summed E-state index contributed by atoms with van der Waals surface area (Å²) in [5.74, 6) is 0.0639. The average molecular weight is 270 g/mol. The Morgan fingerprint density at radius 2 is 1.52 bits per heavy atom. The molecule has 1 atom stereocenters. The first-order valence-electron chi connectivity index (χ1n) is 7.07. The van der Waals surface area contributed by atoms with E-state index in [1.54, 1.807) is 0 Å². The SMILES string of the molecule is C=C1C(=O)c2c(ccc3ccccc23)[C@@H]1c1ccccc1. The summed E-state index contributed by atoms with van der Waals surface area (Å²) in [5, 5.41) is 2.13. The number of fused-ring (bicyclic) bond motifs is 3. The van der Waals surface area contributed by atoms with Gasteiger partial charge >= 0.3 is 0 Å². The number of Topliss-reactive ketones (excluding diaryl/α,β-unsaturated/α-hetero) is 1. The van der Waals surface area contributed by atoms with Gasteiger partial charge in [0, 0.05) is 17.1 Å². The zero-order valence-electron chi connectivity index (χ0n) is 11.5. The molecule has 1 nitrogen and oxygen atoms in total. The fourth-order valence-corrected chi connectivity index (χ4v) is 3.29. The van der Waals surface area contributed by atoms with Gasteiger partial charge in [0.25, 0.3) is 0 Å². The van der Waals surface area contributed by atoms with Crippen LogP contribution in [0.1, 0.15) is 27.4 Å². The molecule has 0 heterocycles. The summed E-state index contributed by atoms with van der Waals surface area (Å²) in [7, 11) is 0. The lowest BCUT2D eigenvalue weighted by molar-refractivity contribution is 0.104. The van der Waals surface area contributed by atoms with Crippen molar-refractivity contribution in [2.45, 2.75) is 5.92 Å². The van der Waals surface area contributed by atoms with Gasteiger partial charge in [-0.25, -0.2) is 0 Å². The highest BCUT2D eigenvalue weighted by Gasteiger charge is 2.35. The van der Waals surface area contributed by atoms with E-state index in [1.807, 2.05) is 42.5 Å². The van der Waals surface area contributed by atoms with Crippen molar-refractivity contribution in [3.8, 4) is 0 Å². The maximum absolute atomic E-state index is 12.7. The molecule has 0 aromatic heterocycles. The molecule has 0 saturated heterocycles. The summed E-state index contributed by atoms with van der Waals surface area (Å²) in [5.41, 5.74) is 3.71. The van der Waals surface area contributed by atoms with Crippen LogP contribution in [0.2, 0.25) is 0 Å². The number of hydrogen-bond donors (Lipinski definition) is 0. The van der Waals surface area contributed by atoms with Gasteiger partial charge in [-0.15, -0.1) is 0 Å². The number of ketones is 1. The molecule has 0 radical (unpaired) electrons. The van der Waals surface area contributed by atoms with E-state index in [9.17, 15) is 4.79 Å². The van der Waals surface area contributed by atoms with E-state index in [-0.39, 0.29) is 11.7 Å². The zero-order chi connectivity index (χ0) is 14.4. The molecule has 0 unspecified atom stereocenters. The fourth-order valence-electron chi connectivity index (χ4n) is 3.29. The van der Waals surface area contributed by atoms with E-state index < -0.39 is 0 Å². The molecule has 1 heteroatoms. The maximum atomic E-state index is 12.7. The van der Waals surface area contributed by atoms with Gasteiger partial charge in [-0.05, 0) is 21.9 Å². The molecule has 0 N–H and O–H groups in total. The van der Waals surface area contributed by atoms with Crippen LogP contribution < -0.4 is 0 Å². The number of allylic oxidation sites excluding steroid dienone is 1. The first-order chi connectivity index (χ1) is 10.3. The van der Waals surface area contributed by atoms with Crippen LogP contribution in [0.25, 0.3) is 10.8 Å². The molecule has 0 aliphatic heterocycles. The number of carbonyl (C=O) groups is 1. The van der Waals surface area contributed by atoms with Gasteiger partial charge in [0.2, 0.25) is 0 Å². The second-order valence-corrected chi connectivity index (χ2v) is 5.45. The van der Waals surface area contributed by atoms with Crippen LogP contribution >= 0.6 is 0 Å². The number of rotatable bonds is 1. The Morgan fingerprint density at radius 3 is 2.33 bits per heavy atom. The molecule has 1 aliphatic rings. The minimum Gasteiger partial charge on any atom is -0.289 e. The Bertz CT molecular complexity index is 875. The minimum absolute atomic E-state index is 0.0155. The summed E-state index contributed by atoms with van der Waals surface area (Å²) in [6, 6.07) is 22.3. The molecule has 1 aliphatic carbocycles. The van der Waals surface area contributed by atoms with E-state index in [0.717, 1.165) is 27.5 Å². The standard InChI is InChI=1S/C20H14O/c1-13-18(15-8-3-2-4-9-15)17-12-11-14-7-5-6-10-16(14)19(17)20(13)21/h2-12,18H,1H2/t18-/m0/s1. The summed E-state index contributed by atoms with van der Waals surface area (Å²) >= 11 is 0. The largest absolute Gasteiger partial charge is 0.289 e. The van der Waals surface area contributed by atoms with E-state index in [2.05, 4.69) is 30.8 Å². The summed E-state index contributed by atoms with van der Waals surface area (Å²) in [4.78, 5) is 12.7. The molecular weight excluding hydrogens is 256 g/mol. The topological polar surface area (TPSA) is 17.1 Å². The Hall–Kier alpha value is -2.67. The van der Waals surface area contributed by atoms with E-state index in [0.29, 0.717) is 5.57 Å². The molecule has 0 spiro atoms. The van der Waals surface area contributed by atoms with Crippen LogP contribution in [0.4, 0.5) is 0 Å². The Balaban J connectivity index is 2.03. The van der Waals surface area contributed by atoms with Gasteiger partial charge in [0.05, 0.1) is 0 Å². The van der Waals surface area contributed by atoms with Crippen molar-refractivity contribution >= 4 is 16.6 Å². The molecule has 21 heavy (non-hydrogen) atoms. The molecule has 3 aromatic rings. The third-order valence-electron chi connectivity index (χ3n) is 4.27. The van der Waals surface area contributed by atoms with Crippen molar-refractivity contribution in [2.75, 3.05) is 0 Å². The van der Waals surface area contributed by atoms with Crippen molar-refractivity contribution in [3.05, 3.63) is 95.6 Å². The summed E-state index contributed by atoms with van der Waals surface area (Å²) < 4.78 is 0. The quantitative estimate of drug-likeness (QED) is 0.584. The zero-order valence-corrected chi connectivity index (χ0v) is 11.5. The van der Waals surface area contributed by atoms with Crippen molar-refractivity contribution in [1.29, 1.82) is 0 Å². The molecular formula is C20H14O. The Morgan fingerprint density at radius 1 is 0.810 bits per heavy atom. The van der Waals surface area contributed by atoms with Gasteiger partial charge in [0.1, 0.15) is 0 Å². The van der Waals surface area contributed by atoms with Crippen LogP contribution in [0.15, 0.2) is 78.9 Å². The summed E-state index contributed by atoms with van der Waals surface area (Å²) in [6.45, 7) is 4.06. The molecule has 0 fully saturated rings. The highest BCUT2D eigenvalue weighted by atomic mass is 16.1. The van der Waals surface area contributed by atoms with Crippen molar-refractivity contribution < 1.29 is 4.79 Å². The fraction of sp³-hybridized carbons (Fsp3) is 0.0500. The van der Waals surface area contributed by atoms with Gasteiger partial charge in [-0.2, -0.15) is 0 Å². The molecule has 0 saturated carbocycles. The van der Waals surface area contributed by atoms with E-state index >= 15 is 0 Å². The smallest absolute Gasteiger partial charge is 0.190 e. The molecule has 100 valence electrons. The number of hydrogen-bond acceptors (Lipinski definition) is 1. The minimum atomic E-state index is -0.0155. The lowest BCUT2D eigenvalue weighted by atomic mass is 9.90. The number of benzene rings is 3. The lowest BCUT2D eigenvalue weighted by Gasteiger charge is -2.12. The molecule has 0 bridgehead atoms. The Labute approximate surface area is 123 Å². The van der Waals surface area contributed by atoms with Crippen LogP contribution in [-0.4, -0.2) is 5.78 Å². The maximum Gasteiger partial charge on any atom is 0.190 e. The third-order valence-corrected chi connectivity index (χ3v) is 4.27.